The summed E-state index contributed by atoms with van der Waals surface area (Å²) in [6, 6.07) is 8.99. The number of methoxy groups -OCH3 is 1. The number of aliphatic hydroxyl groups is 1. The van der Waals surface area contributed by atoms with Gasteiger partial charge in [-0.15, -0.1) is 0 Å². The molecule has 0 amide bonds. The van der Waals surface area contributed by atoms with Crippen LogP contribution in [-0.4, -0.2) is 30.9 Å². The van der Waals surface area contributed by atoms with E-state index in [0.29, 0.717) is 12.0 Å². The highest BCUT2D eigenvalue weighted by molar-refractivity contribution is 5.31. The molecule has 2 N–H and O–H groups in total. The van der Waals surface area contributed by atoms with Gasteiger partial charge in [-0.25, -0.2) is 0 Å². The van der Waals surface area contributed by atoms with Gasteiger partial charge in [-0.2, -0.15) is 0 Å². The lowest BCUT2D eigenvalue weighted by molar-refractivity contribution is 0.200. The van der Waals surface area contributed by atoms with Crippen molar-refractivity contribution in [3.8, 4) is 5.75 Å². The molecule has 0 spiro atoms. The molecule has 0 aromatic heterocycles. The predicted molar refractivity (Wildman–Crippen MR) is 68.4 cm³/mol. The Labute approximate surface area is 103 Å². The van der Waals surface area contributed by atoms with Crippen molar-refractivity contribution in [3.63, 3.8) is 0 Å². The minimum absolute atomic E-state index is 0.182. The van der Waals surface area contributed by atoms with Gasteiger partial charge in [-0.05, 0) is 43.4 Å². The second-order valence-electron chi connectivity index (χ2n) is 4.81. The van der Waals surface area contributed by atoms with E-state index in [9.17, 15) is 0 Å². The summed E-state index contributed by atoms with van der Waals surface area (Å²) in [4.78, 5) is 0. The van der Waals surface area contributed by atoms with Crippen molar-refractivity contribution < 1.29 is 9.84 Å². The molecule has 0 aliphatic heterocycles. The van der Waals surface area contributed by atoms with Crippen LogP contribution in [0.2, 0.25) is 0 Å². The molecular formula is C14H21NO2. The molecule has 1 aromatic rings. The average Bonchev–Trinajstić information content (AvgIpc) is 2.35. The summed E-state index contributed by atoms with van der Waals surface area (Å²) < 4.78 is 5.16. The Kier molecular flexibility index (Phi) is 4.02. The van der Waals surface area contributed by atoms with E-state index in [1.807, 2.05) is 19.1 Å². The first-order chi connectivity index (χ1) is 8.24. The summed E-state index contributed by atoms with van der Waals surface area (Å²) in [6.07, 6.45) is 2.42. The van der Waals surface area contributed by atoms with Crippen molar-refractivity contribution in [3.05, 3.63) is 29.8 Å². The van der Waals surface area contributed by atoms with Gasteiger partial charge in [0.25, 0.3) is 0 Å². The van der Waals surface area contributed by atoms with Gasteiger partial charge in [0.2, 0.25) is 0 Å². The van der Waals surface area contributed by atoms with Crippen molar-refractivity contribution in [2.24, 2.45) is 0 Å². The first-order valence-corrected chi connectivity index (χ1v) is 6.25. The second-order valence-corrected chi connectivity index (χ2v) is 4.81. The summed E-state index contributed by atoms with van der Waals surface area (Å²) in [5.74, 6) is 1.48. The number of aliphatic hydroxyl groups excluding tert-OH is 1. The number of ether oxygens (including phenoxy) is 1. The molecular weight excluding hydrogens is 214 g/mol. The molecule has 1 aliphatic rings. The zero-order valence-electron chi connectivity index (χ0n) is 10.5. The molecule has 94 valence electrons. The number of nitrogens with one attached hydrogen (secondary N) is 1. The molecule has 3 atom stereocenters. The molecule has 3 nitrogen and oxygen atoms in total. The highest BCUT2D eigenvalue weighted by Gasteiger charge is 2.32. The van der Waals surface area contributed by atoms with E-state index in [4.69, 9.17) is 9.84 Å². The predicted octanol–water partition coefficient (Wildman–Crippen LogP) is 1.91. The molecule has 3 heteroatoms. The second kappa shape index (κ2) is 5.52. The average molecular weight is 235 g/mol. The van der Waals surface area contributed by atoms with Crippen molar-refractivity contribution in [1.29, 1.82) is 0 Å². The normalized spacial score (nSPS) is 25.1. The van der Waals surface area contributed by atoms with E-state index < -0.39 is 0 Å². The molecule has 2 unspecified atom stereocenters. The lowest BCUT2D eigenvalue weighted by Gasteiger charge is -2.39. The maximum absolute atomic E-state index is 9.05. The topological polar surface area (TPSA) is 41.5 Å². The van der Waals surface area contributed by atoms with E-state index in [1.54, 1.807) is 7.11 Å². The Bertz CT molecular complexity index is 350. The summed E-state index contributed by atoms with van der Waals surface area (Å²) in [5, 5.41) is 12.5. The highest BCUT2D eigenvalue weighted by Crippen LogP contribution is 2.37. The lowest BCUT2D eigenvalue weighted by atomic mass is 9.75. The van der Waals surface area contributed by atoms with Gasteiger partial charge in [0.05, 0.1) is 13.7 Å². The fraction of sp³-hybridized carbons (Fsp3) is 0.571. The summed E-state index contributed by atoms with van der Waals surface area (Å²) in [6.45, 7) is 2.22. The Morgan fingerprint density at radius 1 is 1.35 bits per heavy atom. The molecule has 0 radical (unpaired) electrons. The van der Waals surface area contributed by atoms with Crippen molar-refractivity contribution in [2.75, 3.05) is 13.7 Å². The third-order valence-electron chi connectivity index (χ3n) is 3.59. The molecule has 1 aromatic carbocycles. The van der Waals surface area contributed by atoms with E-state index >= 15 is 0 Å². The molecule has 1 aliphatic carbocycles. The van der Waals surface area contributed by atoms with Crippen LogP contribution in [0, 0.1) is 0 Å². The maximum Gasteiger partial charge on any atom is 0.118 e. The first kappa shape index (κ1) is 12.4. The van der Waals surface area contributed by atoms with Crippen molar-refractivity contribution in [2.45, 2.75) is 37.8 Å². The molecule has 1 fully saturated rings. The number of benzene rings is 1. The molecule has 1 saturated carbocycles. The Hall–Kier alpha value is -1.06. The van der Waals surface area contributed by atoms with Crippen LogP contribution >= 0.6 is 0 Å². The van der Waals surface area contributed by atoms with Crippen LogP contribution in [0.15, 0.2) is 24.3 Å². The Morgan fingerprint density at radius 3 is 2.53 bits per heavy atom. The van der Waals surface area contributed by atoms with E-state index in [-0.39, 0.29) is 12.6 Å². The van der Waals surface area contributed by atoms with Gasteiger partial charge < -0.3 is 15.2 Å². The highest BCUT2D eigenvalue weighted by atomic mass is 16.5. The largest absolute Gasteiger partial charge is 0.497 e. The minimum Gasteiger partial charge on any atom is -0.497 e. The summed E-state index contributed by atoms with van der Waals surface area (Å²) in [7, 11) is 1.69. The van der Waals surface area contributed by atoms with Crippen molar-refractivity contribution in [1.82, 2.24) is 5.32 Å². The summed E-state index contributed by atoms with van der Waals surface area (Å²) >= 11 is 0. The maximum atomic E-state index is 9.05. The smallest absolute Gasteiger partial charge is 0.118 e. The Morgan fingerprint density at radius 2 is 2.06 bits per heavy atom. The Balaban J connectivity index is 1.97. The number of hydrogen-bond donors (Lipinski definition) is 2. The monoisotopic (exact) mass is 235 g/mol. The van der Waals surface area contributed by atoms with Gasteiger partial charge in [-0.3, -0.25) is 0 Å². The zero-order chi connectivity index (χ0) is 12.3. The molecule has 0 saturated heterocycles. The molecule has 2 rings (SSSR count). The van der Waals surface area contributed by atoms with Gasteiger partial charge >= 0.3 is 0 Å². The van der Waals surface area contributed by atoms with Gasteiger partial charge in [0.15, 0.2) is 0 Å². The zero-order valence-corrected chi connectivity index (χ0v) is 10.5. The van der Waals surface area contributed by atoms with Crippen LogP contribution in [0.1, 0.15) is 31.2 Å². The molecule has 17 heavy (non-hydrogen) atoms. The van der Waals surface area contributed by atoms with Crippen LogP contribution in [0.4, 0.5) is 0 Å². The first-order valence-electron chi connectivity index (χ1n) is 6.25. The molecule has 0 heterocycles. The van der Waals surface area contributed by atoms with E-state index in [2.05, 4.69) is 17.4 Å². The van der Waals surface area contributed by atoms with E-state index in [1.165, 1.54) is 18.4 Å². The lowest BCUT2D eigenvalue weighted by Crippen LogP contribution is -2.47. The quantitative estimate of drug-likeness (QED) is 0.819. The number of rotatable bonds is 5. The number of hydrogen-bond acceptors (Lipinski definition) is 3. The van der Waals surface area contributed by atoms with Gasteiger partial charge in [0.1, 0.15) is 5.75 Å². The molecule has 0 bridgehead atoms. The summed E-state index contributed by atoms with van der Waals surface area (Å²) in [5.41, 5.74) is 1.36. The van der Waals surface area contributed by atoms with Crippen molar-refractivity contribution >= 4 is 0 Å². The van der Waals surface area contributed by atoms with Crippen LogP contribution in [0.25, 0.3) is 0 Å². The van der Waals surface area contributed by atoms with Gasteiger partial charge in [-0.1, -0.05) is 12.1 Å². The fourth-order valence-corrected chi connectivity index (χ4v) is 2.37. The van der Waals surface area contributed by atoms with Crippen LogP contribution in [-0.2, 0) is 0 Å². The van der Waals surface area contributed by atoms with Crippen LogP contribution in [0.3, 0.4) is 0 Å². The minimum atomic E-state index is 0.182. The SMILES string of the molecule is COc1ccc(C2CCC2N[C@H](C)CO)cc1. The third kappa shape index (κ3) is 2.79. The third-order valence-corrected chi connectivity index (χ3v) is 3.59. The standard InChI is InChI=1S/C14H21NO2/c1-10(9-16)15-14-8-7-13(14)11-3-5-12(17-2)6-4-11/h3-6,10,13-16H,7-9H2,1-2H3/t10-,13?,14?/m1/s1. The van der Waals surface area contributed by atoms with Crippen LogP contribution in [0.5, 0.6) is 5.75 Å². The van der Waals surface area contributed by atoms with Crippen LogP contribution < -0.4 is 10.1 Å². The van der Waals surface area contributed by atoms with Gasteiger partial charge in [0, 0.05) is 12.1 Å². The van der Waals surface area contributed by atoms with E-state index in [0.717, 1.165) is 5.75 Å². The fourth-order valence-electron chi connectivity index (χ4n) is 2.37.